The largest absolute Gasteiger partial charge is 0.457 e. The van der Waals surface area contributed by atoms with Gasteiger partial charge in [-0.3, -0.25) is 0 Å². The molecule has 1 nitrogen and oxygen atoms in total. The Hall–Kier alpha value is -0.690. The van der Waals surface area contributed by atoms with Gasteiger partial charge in [-0.25, -0.2) is 0 Å². The van der Waals surface area contributed by atoms with Crippen molar-refractivity contribution in [3.63, 3.8) is 0 Å². The lowest BCUT2D eigenvalue weighted by Gasteiger charge is -1.91. The predicted molar refractivity (Wildman–Crippen MR) is 25.7 cm³/mol. The molecular weight excluding hydrogens is 133 g/mol. The molecule has 0 radical (unpaired) electrons. The molecule has 0 spiro atoms. The molecule has 52 valence electrons. The third-order valence-electron chi connectivity index (χ3n) is 0.447. The summed E-state index contributed by atoms with van der Waals surface area (Å²) in [4.78, 5) is 0. The summed E-state index contributed by atoms with van der Waals surface area (Å²) in [5.41, 5.74) is 0. The lowest BCUT2D eigenvalue weighted by molar-refractivity contribution is -0.0698. The van der Waals surface area contributed by atoms with Gasteiger partial charge in [-0.15, -0.1) is 0 Å². The molecule has 0 aromatic rings. The van der Waals surface area contributed by atoms with Crippen LogP contribution < -0.4 is 0 Å². The SMILES string of the molecule is COCC#CC(F)(F)F. The van der Waals surface area contributed by atoms with Crippen molar-refractivity contribution in [2.75, 3.05) is 13.7 Å². The van der Waals surface area contributed by atoms with Gasteiger partial charge in [0.15, 0.2) is 0 Å². The normalized spacial score (nSPS) is 10.2. The molecule has 0 bridgehead atoms. The monoisotopic (exact) mass is 138 g/mol. The molecule has 0 N–H and O–H groups in total. The van der Waals surface area contributed by atoms with E-state index in [1.807, 2.05) is 0 Å². The topological polar surface area (TPSA) is 9.23 Å². The van der Waals surface area contributed by atoms with Crippen LogP contribution in [0, 0.1) is 11.8 Å². The summed E-state index contributed by atoms with van der Waals surface area (Å²) in [6.07, 6.45) is -4.39. The molecule has 0 fully saturated rings. The van der Waals surface area contributed by atoms with Gasteiger partial charge in [0.25, 0.3) is 0 Å². The standard InChI is InChI=1S/C5H5F3O/c1-9-4-2-3-5(6,7)8/h4H2,1H3. The van der Waals surface area contributed by atoms with E-state index < -0.39 is 6.18 Å². The maximum atomic E-state index is 11.1. The van der Waals surface area contributed by atoms with Gasteiger partial charge in [0.05, 0.1) is 0 Å². The first-order chi connectivity index (χ1) is 4.06. The van der Waals surface area contributed by atoms with E-state index in [2.05, 4.69) is 4.74 Å². The number of ether oxygens (including phenoxy) is 1. The highest BCUT2D eigenvalue weighted by molar-refractivity contribution is 5.04. The molecule has 0 heterocycles. The van der Waals surface area contributed by atoms with Crippen LogP contribution in [0.1, 0.15) is 0 Å². The number of halogens is 3. The molecule has 0 unspecified atom stereocenters. The first kappa shape index (κ1) is 8.31. The lowest BCUT2D eigenvalue weighted by atomic mass is 10.6. The summed E-state index contributed by atoms with van der Waals surface area (Å²) in [7, 11) is 1.28. The van der Waals surface area contributed by atoms with Crippen molar-refractivity contribution >= 4 is 0 Å². The fourth-order valence-corrected chi connectivity index (χ4v) is 0.208. The third kappa shape index (κ3) is 7.31. The van der Waals surface area contributed by atoms with E-state index in [1.165, 1.54) is 7.11 Å². The van der Waals surface area contributed by atoms with E-state index in [-0.39, 0.29) is 6.61 Å². The van der Waals surface area contributed by atoms with Crippen LogP contribution in [0.15, 0.2) is 0 Å². The van der Waals surface area contributed by atoms with Crippen molar-refractivity contribution in [2.24, 2.45) is 0 Å². The molecule has 0 amide bonds. The van der Waals surface area contributed by atoms with Gasteiger partial charge in [0, 0.05) is 13.0 Å². The van der Waals surface area contributed by atoms with Gasteiger partial charge in [-0.05, 0) is 0 Å². The highest BCUT2D eigenvalue weighted by Gasteiger charge is 2.22. The summed E-state index contributed by atoms with van der Waals surface area (Å²) in [5.74, 6) is 2.83. The second-order valence-electron chi connectivity index (χ2n) is 1.23. The van der Waals surface area contributed by atoms with Gasteiger partial charge >= 0.3 is 6.18 Å². The fraction of sp³-hybridized carbons (Fsp3) is 0.600. The number of hydrogen-bond donors (Lipinski definition) is 0. The minimum atomic E-state index is -4.39. The van der Waals surface area contributed by atoms with Crippen LogP contribution in [-0.2, 0) is 4.74 Å². The minimum Gasteiger partial charge on any atom is -0.372 e. The summed E-state index contributed by atoms with van der Waals surface area (Å²) in [6.45, 7) is -0.181. The van der Waals surface area contributed by atoms with Crippen LogP contribution in [0.2, 0.25) is 0 Å². The van der Waals surface area contributed by atoms with E-state index in [0.717, 1.165) is 5.92 Å². The molecule has 0 aliphatic heterocycles. The van der Waals surface area contributed by atoms with E-state index in [9.17, 15) is 13.2 Å². The first-order valence-corrected chi connectivity index (χ1v) is 2.12. The molecule has 9 heavy (non-hydrogen) atoms. The Kier molecular flexibility index (Phi) is 3.10. The van der Waals surface area contributed by atoms with Crippen LogP contribution in [-0.4, -0.2) is 19.9 Å². The van der Waals surface area contributed by atoms with Gasteiger partial charge in [-0.1, -0.05) is 5.92 Å². The van der Waals surface area contributed by atoms with Gasteiger partial charge in [-0.2, -0.15) is 13.2 Å². The van der Waals surface area contributed by atoms with Crippen LogP contribution in [0.4, 0.5) is 13.2 Å². The quantitative estimate of drug-likeness (QED) is 0.494. The van der Waals surface area contributed by atoms with Gasteiger partial charge < -0.3 is 4.74 Å². The molecular formula is C5H5F3O. The average Bonchev–Trinajstić information content (AvgIpc) is 1.63. The van der Waals surface area contributed by atoms with Gasteiger partial charge in [0.2, 0.25) is 0 Å². The summed E-state index contributed by atoms with van der Waals surface area (Å²) in [6, 6.07) is 0. The van der Waals surface area contributed by atoms with E-state index in [4.69, 9.17) is 0 Å². The van der Waals surface area contributed by atoms with Crippen LogP contribution >= 0.6 is 0 Å². The Labute approximate surface area is 50.8 Å². The molecule has 0 aromatic heterocycles. The molecule has 0 atom stereocenters. The minimum absolute atomic E-state index is 0.181. The first-order valence-electron chi connectivity index (χ1n) is 2.12. The predicted octanol–water partition coefficient (Wildman–Crippen LogP) is 1.20. The van der Waals surface area contributed by atoms with Crippen molar-refractivity contribution in [3.05, 3.63) is 0 Å². The van der Waals surface area contributed by atoms with Gasteiger partial charge in [0.1, 0.15) is 6.61 Å². The molecule has 0 aliphatic rings. The van der Waals surface area contributed by atoms with Crippen LogP contribution in [0.5, 0.6) is 0 Å². The zero-order valence-corrected chi connectivity index (χ0v) is 4.75. The molecule has 0 aromatic carbocycles. The number of hydrogen-bond acceptors (Lipinski definition) is 1. The molecule has 0 aliphatic carbocycles. The highest BCUT2D eigenvalue weighted by atomic mass is 19.4. The number of methoxy groups -OCH3 is 1. The molecule has 0 saturated heterocycles. The van der Waals surface area contributed by atoms with E-state index in [0.29, 0.717) is 0 Å². The zero-order valence-electron chi connectivity index (χ0n) is 4.75. The molecule has 4 heteroatoms. The Bertz CT molecular complexity index is 127. The van der Waals surface area contributed by atoms with Crippen molar-refractivity contribution < 1.29 is 17.9 Å². The summed E-state index contributed by atoms with van der Waals surface area (Å²) >= 11 is 0. The summed E-state index contributed by atoms with van der Waals surface area (Å²) < 4.78 is 37.7. The van der Waals surface area contributed by atoms with Crippen molar-refractivity contribution in [1.29, 1.82) is 0 Å². The van der Waals surface area contributed by atoms with Crippen LogP contribution in [0.25, 0.3) is 0 Å². The van der Waals surface area contributed by atoms with Crippen molar-refractivity contribution in [2.45, 2.75) is 6.18 Å². The van der Waals surface area contributed by atoms with Crippen molar-refractivity contribution in [3.8, 4) is 11.8 Å². The summed E-state index contributed by atoms with van der Waals surface area (Å²) in [5, 5.41) is 0. The van der Waals surface area contributed by atoms with E-state index in [1.54, 1.807) is 5.92 Å². The maximum absolute atomic E-state index is 11.1. The average molecular weight is 138 g/mol. The highest BCUT2D eigenvalue weighted by Crippen LogP contribution is 2.11. The van der Waals surface area contributed by atoms with E-state index >= 15 is 0 Å². The Morgan fingerprint density at radius 3 is 2.33 bits per heavy atom. The molecule has 0 saturated carbocycles. The second kappa shape index (κ2) is 3.36. The molecule has 0 rings (SSSR count). The smallest absolute Gasteiger partial charge is 0.372 e. The number of rotatable bonds is 1. The van der Waals surface area contributed by atoms with Crippen molar-refractivity contribution in [1.82, 2.24) is 0 Å². The van der Waals surface area contributed by atoms with Crippen LogP contribution in [0.3, 0.4) is 0 Å². The maximum Gasteiger partial charge on any atom is 0.457 e. The Balaban J connectivity index is 3.59. The Morgan fingerprint density at radius 2 is 2.00 bits per heavy atom. The second-order valence-corrected chi connectivity index (χ2v) is 1.23. The third-order valence-corrected chi connectivity index (χ3v) is 0.447. The number of alkyl halides is 3. The lowest BCUT2D eigenvalue weighted by Crippen LogP contribution is -2.02. The fourth-order valence-electron chi connectivity index (χ4n) is 0.208. The Morgan fingerprint density at radius 1 is 1.44 bits per heavy atom. The zero-order chi connectivity index (χ0) is 7.33.